The van der Waals surface area contributed by atoms with Crippen molar-refractivity contribution in [3.63, 3.8) is 0 Å². The van der Waals surface area contributed by atoms with Crippen molar-refractivity contribution in [3.05, 3.63) is 194 Å². The molecule has 252 valence electrons. The van der Waals surface area contributed by atoms with Crippen molar-refractivity contribution in [2.24, 2.45) is 0 Å². The Balaban J connectivity index is 1.02. The molecule has 0 saturated heterocycles. The predicted molar refractivity (Wildman–Crippen MR) is 225 cm³/mol. The largest absolute Gasteiger partial charge is 0.309 e. The molecule has 0 aliphatic rings. The molecule has 0 radical (unpaired) electrons. The van der Waals surface area contributed by atoms with Gasteiger partial charge >= 0.3 is 0 Å². The van der Waals surface area contributed by atoms with Crippen LogP contribution in [0.2, 0.25) is 0 Å². The molecular weight excluding hydrogens is 657 g/mol. The maximum atomic E-state index is 8.77. The molecular formula is C50H32N4. The number of para-hydroxylation sites is 4. The van der Waals surface area contributed by atoms with Crippen molar-refractivity contribution < 1.29 is 6.85 Å². The molecule has 8 aromatic carbocycles. The Bertz CT molecular complexity index is 3470. The van der Waals surface area contributed by atoms with Crippen molar-refractivity contribution in [3.8, 4) is 45.1 Å². The van der Waals surface area contributed by atoms with E-state index in [2.05, 4.69) is 120 Å². The molecule has 0 bridgehead atoms. The Hall–Kier alpha value is -7.30. The average molecular weight is 694 g/mol. The van der Waals surface area contributed by atoms with Crippen LogP contribution in [0.5, 0.6) is 0 Å². The van der Waals surface area contributed by atoms with Gasteiger partial charge in [0.1, 0.15) is 0 Å². The minimum Gasteiger partial charge on any atom is -0.309 e. The summed E-state index contributed by atoms with van der Waals surface area (Å²) < 4.78 is 46.8. The van der Waals surface area contributed by atoms with Crippen LogP contribution in [0.1, 0.15) is 6.85 Å². The molecule has 0 unspecified atom stereocenters. The number of benzene rings is 8. The van der Waals surface area contributed by atoms with Gasteiger partial charge in [0.15, 0.2) is 0 Å². The minimum atomic E-state index is -0.444. The molecule has 0 aliphatic heterocycles. The number of hydrogen-bond donors (Lipinski definition) is 0. The first-order chi connectivity index (χ1) is 28.9. The average Bonchev–Trinajstić information content (AvgIpc) is 3.80. The van der Waals surface area contributed by atoms with Gasteiger partial charge in [-0.3, -0.25) is 4.57 Å². The van der Waals surface area contributed by atoms with Gasteiger partial charge in [0, 0.05) is 38.2 Å². The standard InChI is InChI=1S/C50H32N4/c1-3-13-35(14-4-1)49-41-19-7-10-20-44(41)51-50(52-49)54-46-22-12-9-18-40(46)43-32-37(28-30-48(43)54)34-25-23-33(24-26-34)36-27-29-47-42(31-36)39-17-8-11-21-45(39)53(47)38-15-5-2-6-16-38/h1-32H/i1D,3D,4D,13D,14D. The third-order valence-corrected chi connectivity index (χ3v) is 10.4. The van der Waals surface area contributed by atoms with Crippen molar-refractivity contribution in [1.29, 1.82) is 0 Å². The van der Waals surface area contributed by atoms with Crippen LogP contribution in [0.3, 0.4) is 0 Å². The lowest BCUT2D eigenvalue weighted by molar-refractivity contribution is 1.01. The van der Waals surface area contributed by atoms with Gasteiger partial charge in [0.2, 0.25) is 5.95 Å². The quantitative estimate of drug-likeness (QED) is 0.180. The van der Waals surface area contributed by atoms with E-state index in [4.69, 9.17) is 16.8 Å². The Kier molecular flexibility index (Phi) is 5.76. The molecule has 3 heterocycles. The Morgan fingerprint density at radius 3 is 1.52 bits per heavy atom. The van der Waals surface area contributed by atoms with E-state index in [-0.39, 0.29) is 23.3 Å². The minimum absolute atomic E-state index is 0.0428. The number of aromatic nitrogens is 4. The van der Waals surface area contributed by atoms with Gasteiger partial charge < -0.3 is 4.57 Å². The highest BCUT2D eigenvalue weighted by molar-refractivity contribution is 6.11. The molecule has 11 aromatic rings. The van der Waals surface area contributed by atoms with Crippen molar-refractivity contribution in [2.45, 2.75) is 0 Å². The van der Waals surface area contributed by atoms with E-state index >= 15 is 0 Å². The van der Waals surface area contributed by atoms with E-state index in [0.29, 0.717) is 16.9 Å². The molecule has 0 saturated carbocycles. The summed E-state index contributed by atoms with van der Waals surface area (Å²) in [6, 6.07) is 54.5. The zero-order chi connectivity index (χ0) is 39.9. The van der Waals surface area contributed by atoms with Crippen LogP contribution in [-0.2, 0) is 0 Å². The summed E-state index contributed by atoms with van der Waals surface area (Å²) in [4.78, 5) is 10.00. The zero-order valence-corrected chi connectivity index (χ0v) is 28.9. The highest BCUT2D eigenvalue weighted by Gasteiger charge is 2.18. The fourth-order valence-corrected chi connectivity index (χ4v) is 7.95. The van der Waals surface area contributed by atoms with E-state index in [1.165, 1.54) is 21.8 Å². The second kappa shape index (κ2) is 12.1. The molecule has 54 heavy (non-hydrogen) atoms. The third-order valence-electron chi connectivity index (χ3n) is 10.4. The summed E-state index contributed by atoms with van der Waals surface area (Å²) in [5, 5.41) is 5.06. The first kappa shape index (κ1) is 25.6. The van der Waals surface area contributed by atoms with E-state index in [0.717, 1.165) is 49.7 Å². The van der Waals surface area contributed by atoms with Crippen molar-refractivity contribution in [1.82, 2.24) is 19.1 Å². The number of hydrogen-bond acceptors (Lipinski definition) is 2. The fourth-order valence-electron chi connectivity index (χ4n) is 7.95. The molecule has 4 nitrogen and oxygen atoms in total. The number of nitrogens with zero attached hydrogens (tertiary/aromatic N) is 4. The topological polar surface area (TPSA) is 35.6 Å². The lowest BCUT2D eigenvalue weighted by Crippen LogP contribution is -2.03. The van der Waals surface area contributed by atoms with Gasteiger partial charge in [0.25, 0.3) is 0 Å². The highest BCUT2D eigenvalue weighted by Crippen LogP contribution is 2.38. The van der Waals surface area contributed by atoms with Gasteiger partial charge in [-0.25, -0.2) is 9.97 Å². The molecule has 0 atom stereocenters. The van der Waals surface area contributed by atoms with Crippen LogP contribution in [0.25, 0.3) is 99.7 Å². The number of rotatable bonds is 5. The zero-order valence-electron chi connectivity index (χ0n) is 33.9. The third kappa shape index (κ3) is 4.78. The molecule has 0 aliphatic carbocycles. The van der Waals surface area contributed by atoms with Crippen LogP contribution in [0, 0.1) is 0 Å². The predicted octanol–water partition coefficient (Wildman–Crippen LogP) is 12.8. The summed E-state index contributed by atoms with van der Waals surface area (Å²) in [5.74, 6) is 0.345. The maximum absolute atomic E-state index is 8.77. The normalized spacial score (nSPS) is 13.0. The molecule has 0 amide bonds. The summed E-state index contributed by atoms with van der Waals surface area (Å²) in [6.07, 6.45) is 0. The van der Waals surface area contributed by atoms with Crippen LogP contribution in [0.4, 0.5) is 0 Å². The Labute approximate surface area is 318 Å². The van der Waals surface area contributed by atoms with Crippen LogP contribution in [0.15, 0.2) is 194 Å². The summed E-state index contributed by atoms with van der Waals surface area (Å²) in [5.41, 5.74) is 10.6. The molecule has 0 fully saturated rings. The lowest BCUT2D eigenvalue weighted by Gasteiger charge is -2.12. The summed E-state index contributed by atoms with van der Waals surface area (Å²) in [6.45, 7) is 0. The van der Waals surface area contributed by atoms with Gasteiger partial charge in [0.05, 0.1) is 40.1 Å². The first-order valence-corrected chi connectivity index (χ1v) is 17.9. The van der Waals surface area contributed by atoms with E-state index in [1.807, 2.05) is 53.1 Å². The van der Waals surface area contributed by atoms with Gasteiger partial charge in [-0.2, -0.15) is 0 Å². The maximum Gasteiger partial charge on any atom is 0.235 e. The number of fused-ring (bicyclic) bond motifs is 7. The van der Waals surface area contributed by atoms with E-state index in [9.17, 15) is 0 Å². The van der Waals surface area contributed by atoms with Gasteiger partial charge in [-0.15, -0.1) is 0 Å². The molecule has 3 aromatic heterocycles. The second-order valence-corrected chi connectivity index (χ2v) is 13.5. The molecule has 0 N–H and O–H groups in total. The first-order valence-electron chi connectivity index (χ1n) is 20.4. The molecule has 11 rings (SSSR count). The van der Waals surface area contributed by atoms with Crippen LogP contribution >= 0.6 is 0 Å². The van der Waals surface area contributed by atoms with Crippen LogP contribution in [-0.4, -0.2) is 19.1 Å². The smallest absolute Gasteiger partial charge is 0.235 e. The van der Waals surface area contributed by atoms with Crippen molar-refractivity contribution >= 4 is 54.5 Å². The SMILES string of the molecule is [2H]c1c([2H])c([2H])c(-c2nc(-n3c4ccccc4c4cc(-c5ccc(-c6ccc7c(c6)c6ccccc6n7-c6ccccc6)cc5)ccc43)nc3ccccc23)c([2H])c1[2H]. The lowest BCUT2D eigenvalue weighted by atomic mass is 9.98. The van der Waals surface area contributed by atoms with E-state index in [1.54, 1.807) is 0 Å². The molecule has 0 spiro atoms. The highest BCUT2D eigenvalue weighted by atomic mass is 15.2. The summed E-state index contributed by atoms with van der Waals surface area (Å²) >= 11 is 0. The van der Waals surface area contributed by atoms with Crippen molar-refractivity contribution in [2.75, 3.05) is 0 Å². The molecule has 4 heteroatoms. The van der Waals surface area contributed by atoms with Gasteiger partial charge in [-0.05, 0) is 76.9 Å². The summed E-state index contributed by atoms with van der Waals surface area (Å²) in [7, 11) is 0. The Morgan fingerprint density at radius 2 is 0.870 bits per heavy atom. The van der Waals surface area contributed by atoms with Gasteiger partial charge in [-0.1, -0.05) is 139 Å². The van der Waals surface area contributed by atoms with Crippen LogP contribution < -0.4 is 0 Å². The fraction of sp³-hybridized carbons (Fsp3) is 0. The van der Waals surface area contributed by atoms with E-state index < -0.39 is 18.1 Å². The Morgan fingerprint density at radius 1 is 0.370 bits per heavy atom. The monoisotopic (exact) mass is 693 g/mol. The second-order valence-electron chi connectivity index (χ2n) is 13.5.